The van der Waals surface area contributed by atoms with Gasteiger partial charge in [-0.2, -0.15) is 0 Å². The highest BCUT2D eigenvalue weighted by atomic mass is 79.9. The Bertz CT molecular complexity index is 296. The molecule has 1 atom stereocenters. The van der Waals surface area contributed by atoms with Gasteiger partial charge in [-0.25, -0.2) is 0 Å². The molecule has 1 unspecified atom stereocenters. The van der Waals surface area contributed by atoms with E-state index in [9.17, 15) is 0 Å². The summed E-state index contributed by atoms with van der Waals surface area (Å²) < 4.78 is 1.20. The van der Waals surface area contributed by atoms with E-state index in [-0.39, 0.29) is 0 Å². The van der Waals surface area contributed by atoms with Crippen LogP contribution in [0, 0.1) is 6.92 Å². The minimum atomic E-state index is 0.484. The fourth-order valence-corrected chi connectivity index (χ4v) is 2.10. The van der Waals surface area contributed by atoms with Gasteiger partial charge in [0.1, 0.15) is 0 Å². The predicted molar refractivity (Wildman–Crippen MR) is 65.6 cm³/mol. The molecule has 1 aromatic carbocycles. The molecule has 78 valence electrons. The van der Waals surface area contributed by atoms with Gasteiger partial charge in [0.15, 0.2) is 0 Å². The van der Waals surface area contributed by atoms with Crippen LogP contribution in [0.1, 0.15) is 37.4 Å². The quantitative estimate of drug-likeness (QED) is 0.863. The minimum Gasteiger partial charge on any atom is -0.310 e. The summed E-state index contributed by atoms with van der Waals surface area (Å²) in [5, 5.41) is 3.50. The third-order valence-corrected chi connectivity index (χ3v) is 3.40. The Morgan fingerprint density at radius 3 is 2.64 bits per heavy atom. The smallest absolute Gasteiger partial charge is 0.0320 e. The fraction of sp³-hybridized carbons (Fsp3) is 0.500. The van der Waals surface area contributed by atoms with Gasteiger partial charge >= 0.3 is 0 Å². The van der Waals surface area contributed by atoms with Gasteiger partial charge in [0.05, 0.1) is 0 Å². The third-order valence-electron chi connectivity index (χ3n) is 2.54. The molecule has 0 aromatic heterocycles. The van der Waals surface area contributed by atoms with Gasteiger partial charge in [0.25, 0.3) is 0 Å². The number of rotatable bonds is 4. The normalized spacial score (nSPS) is 12.9. The first-order valence-corrected chi connectivity index (χ1v) is 5.98. The summed E-state index contributed by atoms with van der Waals surface area (Å²) in [4.78, 5) is 0. The van der Waals surface area contributed by atoms with Crippen molar-refractivity contribution >= 4 is 15.9 Å². The van der Waals surface area contributed by atoms with E-state index in [0.29, 0.717) is 6.04 Å². The Balaban J connectivity index is 2.97. The summed E-state index contributed by atoms with van der Waals surface area (Å²) in [5.41, 5.74) is 2.75. The van der Waals surface area contributed by atoms with Crippen LogP contribution in [0.4, 0.5) is 0 Å². The molecule has 0 spiro atoms. The maximum absolute atomic E-state index is 3.57. The predicted octanol–water partition coefficient (Wildman–Crippen LogP) is 3.82. The van der Waals surface area contributed by atoms with Crippen molar-refractivity contribution in [3.8, 4) is 0 Å². The van der Waals surface area contributed by atoms with Crippen molar-refractivity contribution in [2.24, 2.45) is 0 Å². The van der Waals surface area contributed by atoms with E-state index in [2.05, 4.69) is 60.2 Å². The number of halogens is 1. The van der Waals surface area contributed by atoms with Crippen LogP contribution in [0.5, 0.6) is 0 Å². The van der Waals surface area contributed by atoms with Gasteiger partial charge in [-0.1, -0.05) is 41.9 Å². The lowest BCUT2D eigenvalue weighted by Crippen LogP contribution is -2.20. The van der Waals surface area contributed by atoms with E-state index in [0.717, 1.165) is 13.0 Å². The largest absolute Gasteiger partial charge is 0.310 e. The third kappa shape index (κ3) is 2.58. The van der Waals surface area contributed by atoms with Gasteiger partial charge in [-0.3, -0.25) is 0 Å². The Morgan fingerprint density at radius 1 is 1.36 bits per heavy atom. The maximum Gasteiger partial charge on any atom is 0.0320 e. The van der Waals surface area contributed by atoms with Crippen LogP contribution in [0.15, 0.2) is 22.7 Å². The fourth-order valence-electron chi connectivity index (χ4n) is 1.72. The Morgan fingerprint density at radius 2 is 2.07 bits per heavy atom. The summed E-state index contributed by atoms with van der Waals surface area (Å²) >= 11 is 3.57. The highest BCUT2D eigenvalue weighted by molar-refractivity contribution is 9.10. The zero-order valence-electron chi connectivity index (χ0n) is 9.10. The van der Waals surface area contributed by atoms with Crippen LogP contribution < -0.4 is 5.32 Å². The molecule has 0 amide bonds. The first-order chi connectivity index (χ1) is 6.70. The lowest BCUT2D eigenvalue weighted by Gasteiger charge is -2.19. The molecule has 0 aliphatic rings. The lowest BCUT2D eigenvalue weighted by molar-refractivity contribution is 0.535. The minimum absolute atomic E-state index is 0.484. The molecule has 0 aliphatic carbocycles. The zero-order chi connectivity index (χ0) is 10.6. The van der Waals surface area contributed by atoms with Crippen molar-refractivity contribution in [1.82, 2.24) is 5.32 Å². The van der Waals surface area contributed by atoms with Gasteiger partial charge in [-0.05, 0) is 37.1 Å². The average Bonchev–Trinajstić information content (AvgIpc) is 2.19. The summed E-state index contributed by atoms with van der Waals surface area (Å²) in [7, 11) is 0. The van der Waals surface area contributed by atoms with E-state index in [1.807, 2.05) is 0 Å². The summed E-state index contributed by atoms with van der Waals surface area (Å²) in [5.74, 6) is 0. The number of nitrogens with one attached hydrogen (secondary N) is 1. The van der Waals surface area contributed by atoms with Crippen molar-refractivity contribution in [3.63, 3.8) is 0 Å². The van der Waals surface area contributed by atoms with Crippen molar-refractivity contribution in [2.75, 3.05) is 6.54 Å². The number of hydrogen-bond acceptors (Lipinski definition) is 1. The molecule has 0 fully saturated rings. The monoisotopic (exact) mass is 255 g/mol. The first-order valence-electron chi connectivity index (χ1n) is 5.19. The van der Waals surface area contributed by atoms with E-state index in [4.69, 9.17) is 0 Å². The molecule has 2 heteroatoms. The average molecular weight is 256 g/mol. The summed E-state index contributed by atoms with van der Waals surface area (Å²) in [6, 6.07) is 6.89. The van der Waals surface area contributed by atoms with Gasteiger partial charge < -0.3 is 5.32 Å². The van der Waals surface area contributed by atoms with E-state index in [1.165, 1.54) is 15.6 Å². The molecule has 14 heavy (non-hydrogen) atoms. The molecular formula is C12H18BrN. The molecule has 0 radical (unpaired) electrons. The van der Waals surface area contributed by atoms with Crippen LogP contribution in [-0.2, 0) is 0 Å². The molecule has 0 saturated heterocycles. The molecule has 1 nitrogen and oxygen atoms in total. The number of benzene rings is 1. The van der Waals surface area contributed by atoms with Crippen molar-refractivity contribution in [1.29, 1.82) is 0 Å². The SMILES string of the molecule is CCNC(CC)c1cccc(Br)c1C. The second kappa shape index (κ2) is 5.52. The first kappa shape index (κ1) is 11.7. The highest BCUT2D eigenvalue weighted by Crippen LogP contribution is 2.26. The summed E-state index contributed by atoms with van der Waals surface area (Å²) in [6.07, 6.45) is 1.13. The Kier molecular flexibility index (Phi) is 4.63. The molecule has 0 aliphatic heterocycles. The van der Waals surface area contributed by atoms with E-state index in [1.54, 1.807) is 0 Å². The standard InChI is InChI=1S/C12H18BrN/c1-4-12(14-5-2)10-7-6-8-11(13)9(10)3/h6-8,12,14H,4-5H2,1-3H3. The maximum atomic E-state index is 3.57. The van der Waals surface area contributed by atoms with Gasteiger partial charge in [-0.15, -0.1) is 0 Å². The van der Waals surface area contributed by atoms with Crippen molar-refractivity contribution < 1.29 is 0 Å². The molecule has 1 N–H and O–H groups in total. The second-order valence-corrected chi connectivity index (χ2v) is 4.33. The second-order valence-electron chi connectivity index (χ2n) is 3.47. The lowest BCUT2D eigenvalue weighted by atomic mass is 9.99. The topological polar surface area (TPSA) is 12.0 Å². The van der Waals surface area contributed by atoms with Crippen LogP contribution in [0.25, 0.3) is 0 Å². The number of hydrogen-bond donors (Lipinski definition) is 1. The molecule has 0 heterocycles. The molecule has 1 rings (SSSR count). The Labute approximate surface area is 95.0 Å². The van der Waals surface area contributed by atoms with Crippen molar-refractivity contribution in [2.45, 2.75) is 33.2 Å². The van der Waals surface area contributed by atoms with Gasteiger partial charge in [0, 0.05) is 10.5 Å². The van der Waals surface area contributed by atoms with Gasteiger partial charge in [0.2, 0.25) is 0 Å². The zero-order valence-corrected chi connectivity index (χ0v) is 10.7. The summed E-state index contributed by atoms with van der Waals surface area (Å²) in [6.45, 7) is 7.55. The van der Waals surface area contributed by atoms with Crippen LogP contribution in [0.2, 0.25) is 0 Å². The molecule has 0 bridgehead atoms. The van der Waals surface area contributed by atoms with Crippen LogP contribution >= 0.6 is 15.9 Å². The van der Waals surface area contributed by atoms with Crippen molar-refractivity contribution in [3.05, 3.63) is 33.8 Å². The highest BCUT2D eigenvalue weighted by Gasteiger charge is 2.11. The van der Waals surface area contributed by atoms with E-state index >= 15 is 0 Å². The molecular weight excluding hydrogens is 238 g/mol. The van der Waals surface area contributed by atoms with Crippen LogP contribution in [0.3, 0.4) is 0 Å². The van der Waals surface area contributed by atoms with E-state index < -0.39 is 0 Å². The Hall–Kier alpha value is -0.340. The van der Waals surface area contributed by atoms with Crippen LogP contribution in [-0.4, -0.2) is 6.54 Å². The molecule has 0 saturated carbocycles. The molecule has 1 aromatic rings.